The molecular formula is C24H27N3O4. The number of anilines is 1. The zero-order valence-corrected chi connectivity index (χ0v) is 18.0. The average molecular weight is 421 g/mol. The molecule has 1 atom stereocenters. The number of aryl methyl sites for hydroxylation is 2. The Bertz CT molecular complexity index is 1160. The van der Waals surface area contributed by atoms with Gasteiger partial charge in [0, 0.05) is 61.6 Å². The fourth-order valence-electron chi connectivity index (χ4n) is 4.56. The van der Waals surface area contributed by atoms with Gasteiger partial charge in [-0.15, -0.1) is 0 Å². The quantitative estimate of drug-likeness (QED) is 0.656. The number of hydrogen-bond acceptors (Lipinski definition) is 4. The van der Waals surface area contributed by atoms with Crippen LogP contribution in [-0.2, 0) is 11.8 Å². The lowest BCUT2D eigenvalue weighted by Gasteiger charge is -2.39. The summed E-state index contributed by atoms with van der Waals surface area (Å²) in [6.45, 7) is 6.91. The molecule has 0 bridgehead atoms. The van der Waals surface area contributed by atoms with Gasteiger partial charge in [-0.05, 0) is 49.2 Å². The minimum atomic E-state index is -1.02. The van der Waals surface area contributed by atoms with Crippen LogP contribution in [0.2, 0.25) is 0 Å². The van der Waals surface area contributed by atoms with Gasteiger partial charge in [-0.1, -0.05) is 12.1 Å². The van der Waals surface area contributed by atoms with Gasteiger partial charge in [0.15, 0.2) is 0 Å². The first-order chi connectivity index (χ1) is 14.8. The van der Waals surface area contributed by atoms with E-state index in [2.05, 4.69) is 36.9 Å². The topological polar surface area (TPSA) is 86.0 Å². The molecule has 2 heterocycles. The third kappa shape index (κ3) is 3.77. The minimum absolute atomic E-state index is 0.156. The molecule has 0 amide bonds. The molecule has 0 radical (unpaired) electrons. The maximum absolute atomic E-state index is 12.3. The normalized spacial score (nSPS) is 15.9. The van der Waals surface area contributed by atoms with Crippen LogP contribution < -0.4 is 4.90 Å². The van der Waals surface area contributed by atoms with Gasteiger partial charge in [0.25, 0.3) is 0 Å². The lowest BCUT2D eigenvalue weighted by Crippen LogP contribution is -2.49. The van der Waals surface area contributed by atoms with E-state index < -0.39 is 18.0 Å². The average Bonchev–Trinajstić information content (AvgIpc) is 3.06. The van der Waals surface area contributed by atoms with Crippen LogP contribution in [0.1, 0.15) is 33.1 Å². The van der Waals surface area contributed by atoms with Crippen molar-refractivity contribution in [3.63, 3.8) is 0 Å². The maximum Gasteiger partial charge on any atom is 0.335 e. The highest BCUT2D eigenvalue weighted by Gasteiger charge is 2.33. The van der Waals surface area contributed by atoms with E-state index in [1.165, 1.54) is 16.8 Å². The fourth-order valence-corrected chi connectivity index (χ4v) is 4.56. The van der Waals surface area contributed by atoms with Gasteiger partial charge in [0.2, 0.25) is 0 Å². The predicted octanol–water partition coefficient (Wildman–Crippen LogP) is 3.44. The molecule has 7 heteroatoms. The summed E-state index contributed by atoms with van der Waals surface area (Å²) in [5.74, 6) is -1.95. The first-order valence-corrected chi connectivity index (χ1v) is 10.4. The standard InChI is InChI=1S/C24H27N3O4/c1-15-5-4-6-20(16(15)2)26-9-11-27(12-10-26)22(24(30)31)19-14-25(3)21-8-7-17(23(28)29)13-18(19)21/h4-8,13-14,22H,9-12H2,1-3H3,(H,28,29)(H,30,31)/t22-/m0/s1. The smallest absolute Gasteiger partial charge is 0.335 e. The Morgan fingerprint density at radius 3 is 2.35 bits per heavy atom. The largest absolute Gasteiger partial charge is 0.480 e. The van der Waals surface area contributed by atoms with Crippen LogP contribution in [0.25, 0.3) is 10.9 Å². The molecule has 1 aliphatic heterocycles. The maximum atomic E-state index is 12.3. The second-order valence-electron chi connectivity index (χ2n) is 8.22. The number of carbonyl (C=O) groups is 2. The summed E-state index contributed by atoms with van der Waals surface area (Å²) < 4.78 is 1.86. The Kier molecular flexibility index (Phi) is 5.45. The van der Waals surface area contributed by atoms with Crippen molar-refractivity contribution in [2.45, 2.75) is 19.9 Å². The molecule has 31 heavy (non-hydrogen) atoms. The molecule has 0 aliphatic carbocycles. The van der Waals surface area contributed by atoms with Crippen molar-refractivity contribution in [1.82, 2.24) is 9.47 Å². The van der Waals surface area contributed by atoms with E-state index in [0.29, 0.717) is 24.0 Å². The van der Waals surface area contributed by atoms with Crippen LogP contribution in [-0.4, -0.2) is 57.8 Å². The number of fused-ring (bicyclic) bond motifs is 1. The number of rotatable bonds is 5. The number of carboxylic acids is 2. The van der Waals surface area contributed by atoms with Gasteiger partial charge < -0.3 is 19.7 Å². The molecule has 0 unspecified atom stereocenters. The van der Waals surface area contributed by atoms with Crippen LogP contribution in [0.3, 0.4) is 0 Å². The highest BCUT2D eigenvalue weighted by Crippen LogP contribution is 2.33. The number of benzene rings is 2. The second-order valence-corrected chi connectivity index (χ2v) is 8.22. The van der Waals surface area contributed by atoms with E-state index in [9.17, 15) is 19.8 Å². The molecule has 162 valence electrons. The minimum Gasteiger partial charge on any atom is -0.480 e. The van der Waals surface area contributed by atoms with Gasteiger partial charge in [-0.3, -0.25) is 9.69 Å². The Balaban J connectivity index is 1.64. The fraction of sp³-hybridized carbons (Fsp3) is 0.333. The molecule has 1 aliphatic rings. The molecule has 4 rings (SSSR count). The summed E-state index contributed by atoms with van der Waals surface area (Å²) in [5.41, 5.74) is 5.30. The number of aliphatic carboxylic acids is 1. The van der Waals surface area contributed by atoms with E-state index in [1.54, 1.807) is 18.2 Å². The molecule has 0 spiro atoms. The van der Waals surface area contributed by atoms with Crippen molar-refractivity contribution in [3.8, 4) is 0 Å². The van der Waals surface area contributed by atoms with Crippen molar-refractivity contribution in [2.24, 2.45) is 7.05 Å². The summed E-state index contributed by atoms with van der Waals surface area (Å²) in [6.07, 6.45) is 1.81. The van der Waals surface area contributed by atoms with Gasteiger partial charge in [-0.2, -0.15) is 0 Å². The zero-order valence-electron chi connectivity index (χ0n) is 18.0. The molecule has 0 saturated carbocycles. The third-order valence-electron chi connectivity index (χ3n) is 6.39. The highest BCUT2D eigenvalue weighted by atomic mass is 16.4. The van der Waals surface area contributed by atoms with Crippen molar-refractivity contribution in [2.75, 3.05) is 31.1 Å². The van der Waals surface area contributed by atoms with E-state index in [4.69, 9.17) is 0 Å². The van der Waals surface area contributed by atoms with Crippen molar-refractivity contribution < 1.29 is 19.8 Å². The molecule has 2 aromatic carbocycles. The van der Waals surface area contributed by atoms with Crippen LogP contribution >= 0.6 is 0 Å². The van der Waals surface area contributed by atoms with Crippen LogP contribution in [0.4, 0.5) is 5.69 Å². The van der Waals surface area contributed by atoms with E-state index in [-0.39, 0.29) is 5.56 Å². The zero-order chi connectivity index (χ0) is 22.3. The van der Waals surface area contributed by atoms with Crippen molar-refractivity contribution in [3.05, 3.63) is 64.8 Å². The number of carboxylic acid groups (broad SMARTS) is 2. The van der Waals surface area contributed by atoms with Crippen molar-refractivity contribution in [1.29, 1.82) is 0 Å². The number of aromatic nitrogens is 1. The monoisotopic (exact) mass is 421 g/mol. The lowest BCUT2D eigenvalue weighted by atomic mass is 10.0. The Hall–Kier alpha value is -3.32. The first kappa shape index (κ1) is 20.9. The number of piperazine rings is 1. The van der Waals surface area contributed by atoms with Crippen LogP contribution in [0.5, 0.6) is 0 Å². The predicted molar refractivity (Wildman–Crippen MR) is 120 cm³/mol. The van der Waals surface area contributed by atoms with Gasteiger partial charge in [-0.25, -0.2) is 4.79 Å². The van der Waals surface area contributed by atoms with Gasteiger partial charge in [0.1, 0.15) is 6.04 Å². The molecule has 3 aromatic rings. The Morgan fingerprint density at radius 2 is 1.71 bits per heavy atom. The molecule has 1 saturated heterocycles. The third-order valence-corrected chi connectivity index (χ3v) is 6.39. The number of nitrogens with zero attached hydrogens (tertiary/aromatic N) is 3. The van der Waals surface area contributed by atoms with Gasteiger partial charge >= 0.3 is 11.9 Å². The van der Waals surface area contributed by atoms with Crippen LogP contribution in [0, 0.1) is 13.8 Å². The van der Waals surface area contributed by atoms with Crippen molar-refractivity contribution >= 4 is 28.5 Å². The molecular weight excluding hydrogens is 394 g/mol. The number of hydrogen-bond donors (Lipinski definition) is 2. The van der Waals surface area contributed by atoms with Gasteiger partial charge in [0.05, 0.1) is 5.56 Å². The highest BCUT2D eigenvalue weighted by molar-refractivity contribution is 5.96. The molecule has 1 aromatic heterocycles. The van der Waals surface area contributed by atoms with Crippen LogP contribution in [0.15, 0.2) is 42.6 Å². The molecule has 1 fully saturated rings. The molecule has 7 nitrogen and oxygen atoms in total. The summed E-state index contributed by atoms with van der Waals surface area (Å²) >= 11 is 0. The summed E-state index contributed by atoms with van der Waals surface area (Å²) in [6, 6.07) is 10.3. The number of aromatic carboxylic acids is 1. The lowest BCUT2D eigenvalue weighted by molar-refractivity contribution is -0.143. The first-order valence-electron chi connectivity index (χ1n) is 10.4. The summed E-state index contributed by atoms with van der Waals surface area (Å²) in [4.78, 5) is 28.1. The van der Waals surface area contributed by atoms with E-state index in [1.807, 2.05) is 22.7 Å². The molecule has 2 N–H and O–H groups in total. The Morgan fingerprint density at radius 1 is 1.00 bits per heavy atom. The van der Waals surface area contributed by atoms with E-state index in [0.717, 1.165) is 18.6 Å². The summed E-state index contributed by atoms with van der Waals surface area (Å²) in [7, 11) is 1.85. The second kappa shape index (κ2) is 8.07. The Labute approximate surface area is 181 Å². The SMILES string of the molecule is Cc1cccc(N2CCN([C@H](C(=O)O)c3cn(C)c4ccc(C(=O)O)cc34)CC2)c1C. The van der Waals surface area contributed by atoms with E-state index >= 15 is 0 Å². The summed E-state index contributed by atoms with van der Waals surface area (Å²) in [5, 5.41) is 20.2.